The van der Waals surface area contributed by atoms with Crippen molar-refractivity contribution in [2.24, 2.45) is 7.05 Å². The molecule has 1 heterocycles. The van der Waals surface area contributed by atoms with E-state index in [-0.39, 0.29) is 11.4 Å². The summed E-state index contributed by atoms with van der Waals surface area (Å²) in [5.74, 6) is 3.01. The second kappa shape index (κ2) is 7.17. The highest BCUT2D eigenvalue weighted by Crippen LogP contribution is 2.40. The van der Waals surface area contributed by atoms with Crippen molar-refractivity contribution in [3.8, 4) is 11.5 Å². The van der Waals surface area contributed by atoms with Crippen LogP contribution in [0.4, 0.5) is 4.39 Å². The second-order valence-electron chi connectivity index (χ2n) is 7.80. The molecule has 0 saturated carbocycles. The fourth-order valence-corrected chi connectivity index (χ4v) is 9.36. The van der Waals surface area contributed by atoms with Crippen LogP contribution in [-0.4, -0.2) is 12.6 Å². The molecule has 0 aliphatic carbocycles. The van der Waals surface area contributed by atoms with E-state index < -0.39 is 8.07 Å². The lowest BCUT2D eigenvalue weighted by molar-refractivity contribution is 0.629. The van der Waals surface area contributed by atoms with E-state index in [0.29, 0.717) is 27.4 Å². The molecule has 0 spiro atoms. The number of fused-ring (bicyclic) bond motifs is 1. The standard InChI is InChI=1S/C21H28FNOSi/c1-14(2)25(15(3)4,16(5)6)11-10-17-13-23(7)21(24)19-9-8-18(22)12-20(17)19/h8-9,12-16H,1-7H3. The average molecular weight is 358 g/mol. The van der Waals surface area contributed by atoms with Gasteiger partial charge in [-0.3, -0.25) is 4.79 Å². The summed E-state index contributed by atoms with van der Waals surface area (Å²) in [6.45, 7) is 13.6. The Balaban J connectivity index is 2.77. The molecule has 0 unspecified atom stereocenters. The molecule has 0 aliphatic heterocycles. The Kier molecular flexibility index (Phi) is 5.58. The maximum absolute atomic E-state index is 13.8. The number of aromatic nitrogens is 1. The molecule has 1 aromatic carbocycles. The molecule has 25 heavy (non-hydrogen) atoms. The van der Waals surface area contributed by atoms with Crippen LogP contribution in [0.25, 0.3) is 10.8 Å². The van der Waals surface area contributed by atoms with Gasteiger partial charge < -0.3 is 4.57 Å². The molecular weight excluding hydrogens is 329 g/mol. The summed E-state index contributed by atoms with van der Waals surface area (Å²) in [6.07, 6.45) is 1.73. The van der Waals surface area contributed by atoms with E-state index in [0.717, 1.165) is 5.56 Å². The normalized spacial score (nSPS) is 12.1. The van der Waals surface area contributed by atoms with Crippen LogP contribution in [0.3, 0.4) is 0 Å². The van der Waals surface area contributed by atoms with Gasteiger partial charge in [-0.15, -0.1) is 5.54 Å². The Morgan fingerprint density at radius 3 is 2.08 bits per heavy atom. The third-order valence-electron chi connectivity index (χ3n) is 5.42. The van der Waals surface area contributed by atoms with Crippen LogP contribution < -0.4 is 5.56 Å². The summed E-state index contributed by atoms with van der Waals surface area (Å²) in [5, 5.41) is 1.12. The largest absolute Gasteiger partial charge is 0.317 e. The predicted molar refractivity (Wildman–Crippen MR) is 107 cm³/mol. The van der Waals surface area contributed by atoms with Crippen molar-refractivity contribution in [2.45, 2.75) is 58.2 Å². The highest BCUT2D eigenvalue weighted by molar-refractivity contribution is 6.90. The van der Waals surface area contributed by atoms with E-state index in [1.165, 1.54) is 16.7 Å². The molecule has 0 saturated heterocycles. The number of hydrogen-bond donors (Lipinski definition) is 0. The molecule has 0 bridgehead atoms. The van der Waals surface area contributed by atoms with Crippen molar-refractivity contribution < 1.29 is 4.39 Å². The number of halogens is 1. The van der Waals surface area contributed by atoms with Crippen molar-refractivity contribution in [3.05, 3.63) is 46.1 Å². The van der Waals surface area contributed by atoms with E-state index in [1.807, 2.05) is 0 Å². The topological polar surface area (TPSA) is 22.0 Å². The summed E-state index contributed by atoms with van der Waals surface area (Å²) in [6, 6.07) is 4.30. The molecule has 4 heteroatoms. The van der Waals surface area contributed by atoms with Gasteiger partial charge in [0, 0.05) is 29.6 Å². The van der Waals surface area contributed by atoms with Gasteiger partial charge in [0.2, 0.25) is 0 Å². The van der Waals surface area contributed by atoms with Crippen LogP contribution in [0.2, 0.25) is 16.6 Å². The minimum Gasteiger partial charge on any atom is -0.317 e. The van der Waals surface area contributed by atoms with Gasteiger partial charge in [0.05, 0.1) is 0 Å². The SMILES string of the molecule is CC(C)[Si](C#Cc1cn(C)c(=O)c2ccc(F)cc12)(C(C)C)C(C)C. The molecule has 0 aliphatic rings. The minimum atomic E-state index is -1.88. The van der Waals surface area contributed by atoms with E-state index in [9.17, 15) is 9.18 Å². The Bertz CT molecular complexity index is 878. The first-order valence-corrected chi connectivity index (χ1v) is 11.2. The maximum atomic E-state index is 13.8. The highest BCUT2D eigenvalue weighted by atomic mass is 28.3. The first kappa shape index (κ1) is 19.5. The molecule has 2 rings (SSSR count). The van der Waals surface area contributed by atoms with Crippen molar-refractivity contribution >= 4 is 18.8 Å². The van der Waals surface area contributed by atoms with Crippen molar-refractivity contribution in [1.82, 2.24) is 4.57 Å². The smallest absolute Gasteiger partial charge is 0.258 e. The minimum absolute atomic E-state index is 0.124. The average Bonchev–Trinajstić information content (AvgIpc) is 2.51. The van der Waals surface area contributed by atoms with Gasteiger partial charge in [0.1, 0.15) is 13.9 Å². The number of pyridine rings is 1. The predicted octanol–water partition coefficient (Wildman–Crippen LogP) is 5.25. The van der Waals surface area contributed by atoms with Crippen LogP contribution in [-0.2, 0) is 7.05 Å². The highest BCUT2D eigenvalue weighted by Gasteiger charge is 2.41. The lowest BCUT2D eigenvalue weighted by atomic mass is 10.1. The monoisotopic (exact) mass is 357 g/mol. The molecular formula is C21H28FNOSi. The Labute approximate surface area is 151 Å². The van der Waals surface area contributed by atoms with E-state index >= 15 is 0 Å². The fraction of sp³-hybridized carbons (Fsp3) is 0.476. The van der Waals surface area contributed by atoms with Gasteiger partial charge in [-0.05, 0) is 34.8 Å². The van der Waals surface area contributed by atoms with Crippen LogP contribution in [0.5, 0.6) is 0 Å². The van der Waals surface area contributed by atoms with Gasteiger partial charge in [-0.2, -0.15) is 0 Å². The Morgan fingerprint density at radius 1 is 1.00 bits per heavy atom. The van der Waals surface area contributed by atoms with E-state index in [2.05, 4.69) is 53.0 Å². The summed E-state index contributed by atoms with van der Waals surface area (Å²) in [4.78, 5) is 12.3. The Morgan fingerprint density at radius 2 is 1.56 bits per heavy atom. The van der Waals surface area contributed by atoms with Crippen LogP contribution in [0.1, 0.15) is 47.1 Å². The molecule has 0 amide bonds. The lowest BCUT2D eigenvalue weighted by Gasteiger charge is -2.38. The summed E-state index contributed by atoms with van der Waals surface area (Å²) in [5.41, 5.74) is 5.84. The molecule has 0 N–H and O–H groups in total. The van der Waals surface area contributed by atoms with Crippen LogP contribution in [0, 0.1) is 17.3 Å². The molecule has 2 aromatic rings. The lowest BCUT2D eigenvalue weighted by Crippen LogP contribution is -2.43. The quantitative estimate of drug-likeness (QED) is 0.543. The molecule has 2 nitrogen and oxygen atoms in total. The van der Waals surface area contributed by atoms with Crippen molar-refractivity contribution in [3.63, 3.8) is 0 Å². The van der Waals surface area contributed by atoms with Crippen LogP contribution in [0.15, 0.2) is 29.2 Å². The van der Waals surface area contributed by atoms with Crippen molar-refractivity contribution in [2.75, 3.05) is 0 Å². The molecule has 0 radical (unpaired) electrons. The molecule has 134 valence electrons. The number of aryl methyl sites for hydroxylation is 1. The third-order valence-corrected chi connectivity index (χ3v) is 11.7. The Hall–Kier alpha value is -1.86. The van der Waals surface area contributed by atoms with Crippen LogP contribution >= 0.6 is 0 Å². The molecule has 0 atom stereocenters. The summed E-state index contributed by atoms with van der Waals surface area (Å²) >= 11 is 0. The van der Waals surface area contributed by atoms with E-state index in [4.69, 9.17) is 0 Å². The number of hydrogen-bond acceptors (Lipinski definition) is 1. The first-order chi connectivity index (χ1) is 11.6. The third kappa shape index (κ3) is 3.43. The van der Waals surface area contributed by atoms with Gasteiger partial charge in [-0.1, -0.05) is 47.5 Å². The second-order valence-corrected chi connectivity index (χ2v) is 13.4. The zero-order valence-electron chi connectivity index (χ0n) is 16.3. The fourth-order valence-electron chi connectivity index (χ4n) is 4.15. The molecule has 1 aromatic heterocycles. The summed E-state index contributed by atoms with van der Waals surface area (Å²) in [7, 11) is -0.168. The first-order valence-electron chi connectivity index (χ1n) is 8.93. The number of rotatable bonds is 3. The van der Waals surface area contributed by atoms with Gasteiger partial charge in [0.25, 0.3) is 5.56 Å². The zero-order valence-corrected chi connectivity index (χ0v) is 17.3. The number of nitrogens with zero attached hydrogens (tertiary/aromatic N) is 1. The zero-order chi connectivity index (χ0) is 18.9. The van der Waals surface area contributed by atoms with Gasteiger partial charge >= 0.3 is 0 Å². The number of benzene rings is 1. The van der Waals surface area contributed by atoms with Crippen molar-refractivity contribution in [1.29, 1.82) is 0 Å². The summed E-state index contributed by atoms with van der Waals surface area (Å²) < 4.78 is 15.3. The van der Waals surface area contributed by atoms with E-state index in [1.54, 1.807) is 19.3 Å². The van der Waals surface area contributed by atoms with Gasteiger partial charge in [0.15, 0.2) is 0 Å². The maximum Gasteiger partial charge on any atom is 0.258 e. The molecule has 0 fully saturated rings. The van der Waals surface area contributed by atoms with Gasteiger partial charge in [-0.25, -0.2) is 4.39 Å².